The molecule has 0 saturated carbocycles. The lowest BCUT2D eigenvalue weighted by Crippen LogP contribution is -2.28. The summed E-state index contributed by atoms with van der Waals surface area (Å²) in [7, 11) is 0. The second kappa shape index (κ2) is 6.57. The molecule has 1 unspecified atom stereocenters. The summed E-state index contributed by atoms with van der Waals surface area (Å²) in [5, 5.41) is 0. The smallest absolute Gasteiger partial charge is 0.0632 e. The Morgan fingerprint density at radius 3 is 2.93 bits per heavy atom. The van der Waals surface area contributed by atoms with Crippen LogP contribution in [0.5, 0.6) is 0 Å². The van der Waals surface area contributed by atoms with Gasteiger partial charge < -0.3 is 0 Å². The zero-order valence-electron chi connectivity index (χ0n) is 8.41. The predicted octanol–water partition coefficient (Wildman–Crippen LogP) is 2.15. The molecule has 0 aliphatic carbocycles. The van der Waals surface area contributed by atoms with E-state index in [2.05, 4.69) is 32.3 Å². The summed E-state index contributed by atoms with van der Waals surface area (Å²) >= 11 is 3.34. The maximum Gasteiger partial charge on any atom is 0.0632 e. The molecule has 1 aromatic rings. The first-order chi connectivity index (χ1) is 7.27. The third kappa shape index (κ3) is 4.00. The Morgan fingerprint density at radius 1 is 1.60 bits per heavy atom. The monoisotopic (exact) mass is 267 g/mol. The summed E-state index contributed by atoms with van der Waals surface area (Å²) in [5.41, 5.74) is 3.69. The molecule has 0 bridgehead atoms. The van der Waals surface area contributed by atoms with Crippen molar-refractivity contribution in [3.63, 3.8) is 0 Å². The highest BCUT2D eigenvalue weighted by Gasteiger charge is 2.09. The average molecular weight is 268 g/mol. The summed E-state index contributed by atoms with van der Waals surface area (Å²) in [5.74, 6) is 8.08. The highest BCUT2D eigenvalue weighted by molar-refractivity contribution is 9.10. The molecule has 15 heavy (non-hydrogen) atoms. The van der Waals surface area contributed by atoms with Crippen LogP contribution in [0.4, 0.5) is 0 Å². The Bertz CT molecular complexity index is 329. The number of hydrazine groups is 1. The van der Waals surface area contributed by atoms with Crippen LogP contribution in [0.25, 0.3) is 0 Å². The van der Waals surface area contributed by atoms with Gasteiger partial charge in [0.15, 0.2) is 0 Å². The number of hydrogen-bond acceptors (Lipinski definition) is 3. The van der Waals surface area contributed by atoms with Crippen molar-refractivity contribution in [2.75, 3.05) is 0 Å². The number of halogens is 1. The van der Waals surface area contributed by atoms with Crippen molar-refractivity contribution >= 4 is 15.9 Å². The molecule has 0 spiro atoms. The molecule has 1 aromatic heterocycles. The Balaban J connectivity index is 2.58. The quantitative estimate of drug-likeness (QED) is 0.372. The van der Waals surface area contributed by atoms with Crippen LogP contribution in [0.2, 0.25) is 0 Å². The molecule has 80 valence electrons. The molecule has 3 N–H and O–H groups in total. The normalized spacial score (nSPS) is 12.1. The van der Waals surface area contributed by atoms with E-state index in [1.807, 2.05) is 12.1 Å². The van der Waals surface area contributed by atoms with E-state index in [9.17, 15) is 0 Å². The number of unbranched alkanes of at least 4 members (excludes halogenated alkanes) is 1. The Labute approximate surface area is 98.6 Å². The Hall–Kier alpha value is -0.890. The largest absolute Gasteiger partial charge is 0.271 e. The molecule has 0 aliphatic rings. The van der Waals surface area contributed by atoms with Crippen molar-refractivity contribution in [3.8, 4) is 12.3 Å². The van der Waals surface area contributed by atoms with E-state index < -0.39 is 0 Å². The second-order valence-electron chi connectivity index (χ2n) is 3.22. The Morgan fingerprint density at radius 2 is 2.40 bits per heavy atom. The fourth-order valence-corrected chi connectivity index (χ4v) is 1.55. The molecular formula is C11H14BrN3. The molecule has 0 aromatic carbocycles. The summed E-state index contributed by atoms with van der Waals surface area (Å²) < 4.78 is 0.964. The summed E-state index contributed by atoms with van der Waals surface area (Å²) in [6, 6.07) is 3.98. The number of rotatable bonds is 5. The maximum atomic E-state index is 5.47. The highest BCUT2D eigenvalue weighted by Crippen LogP contribution is 2.18. The molecule has 1 heterocycles. The number of aromatic nitrogens is 1. The first kappa shape index (κ1) is 12.2. The van der Waals surface area contributed by atoms with E-state index in [0.29, 0.717) is 0 Å². The van der Waals surface area contributed by atoms with Crippen LogP contribution < -0.4 is 11.3 Å². The number of nitrogens with zero attached hydrogens (tertiary/aromatic N) is 1. The lowest BCUT2D eigenvalue weighted by atomic mass is 10.1. The first-order valence-electron chi connectivity index (χ1n) is 4.79. The van der Waals surface area contributed by atoms with Crippen molar-refractivity contribution in [1.82, 2.24) is 10.4 Å². The first-order valence-corrected chi connectivity index (χ1v) is 5.58. The third-order valence-corrected chi connectivity index (χ3v) is 2.59. The van der Waals surface area contributed by atoms with Gasteiger partial charge in [-0.2, -0.15) is 0 Å². The molecule has 1 rings (SSSR count). The second-order valence-corrected chi connectivity index (χ2v) is 4.13. The minimum atomic E-state index is 0.0754. The van der Waals surface area contributed by atoms with Crippen molar-refractivity contribution in [2.24, 2.45) is 5.84 Å². The van der Waals surface area contributed by atoms with Gasteiger partial charge in [-0.15, -0.1) is 12.3 Å². The zero-order chi connectivity index (χ0) is 11.1. The molecule has 0 radical (unpaired) electrons. The lowest BCUT2D eigenvalue weighted by molar-refractivity contribution is 0.491. The standard InChI is InChI=1S/C11H14BrN3/c1-2-3-4-5-11(15-13)10-7-6-9(12)8-14-10/h1,6-8,11,15H,3-5,13H2. The lowest BCUT2D eigenvalue weighted by Gasteiger charge is -2.14. The van der Waals surface area contributed by atoms with E-state index in [1.165, 1.54) is 0 Å². The van der Waals surface area contributed by atoms with Crippen molar-refractivity contribution in [2.45, 2.75) is 25.3 Å². The Kier molecular flexibility index (Phi) is 5.33. The van der Waals surface area contributed by atoms with Crippen LogP contribution in [-0.2, 0) is 0 Å². The number of terminal acetylenes is 1. The number of nitrogens with two attached hydrogens (primary N) is 1. The van der Waals surface area contributed by atoms with Gasteiger partial charge in [0.05, 0.1) is 11.7 Å². The predicted molar refractivity (Wildman–Crippen MR) is 64.7 cm³/mol. The molecular weight excluding hydrogens is 254 g/mol. The van der Waals surface area contributed by atoms with E-state index in [1.54, 1.807) is 6.20 Å². The molecule has 3 nitrogen and oxygen atoms in total. The van der Waals surface area contributed by atoms with Gasteiger partial charge in [0.25, 0.3) is 0 Å². The fourth-order valence-electron chi connectivity index (χ4n) is 1.32. The third-order valence-electron chi connectivity index (χ3n) is 2.12. The van der Waals surface area contributed by atoms with E-state index in [4.69, 9.17) is 12.3 Å². The molecule has 0 saturated heterocycles. The topological polar surface area (TPSA) is 50.9 Å². The summed E-state index contributed by atoms with van der Waals surface area (Å²) in [4.78, 5) is 4.29. The van der Waals surface area contributed by atoms with Crippen LogP contribution in [0.1, 0.15) is 31.0 Å². The average Bonchev–Trinajstić information content (AvgIpc) is 2.26. The van der Waals surface area contributed by atoms with Crippen molar-refractivity contribution in [3.05, 3.63) is 28.5 Å². The van der Waals surface area contributed by atoms with E-state index in [-0.39, 0.29) is 6.04 Å². The van der Waals surface area contributed by atoms with Gasteiger partial charge in [0.2, 0.25) is 0 Å². The van der Waals surface area contributed by atoms with Crippen LogP contribution in [0.15, 0.2) is 22.8 Å². The van der Waals surface area contributed by atoms with Gasteiger partial charge in [-0.1, -0.05) is 0 Å². The number of nitrogens with one attached hydrogen (secondary N) is 1. The van der Waals surface area contributed by atoms with Gasteiger partial charge in [-0.25, -0.2) is 0 Å². The number of hydrogen-bond donors (Lipinski definition) is 2. The minimum Gasteiger partial charge on any atom is -0.271 e. The van der Waals surface area contributed by atoms with Gasteiger partial charge >= 0.3 is 0 Å². The van der Waals surface area contributed by atoms with Crippen LogP contribution >= 0.6 is 15.9 Å². The maximum absolute atomic E-state index is 5.47. The van der Waals surface area contributed by atoms with Crippen molar-refractivity contribution < 1.29 is 0 Å². The van der Waals surface area contributed by atoms with Crippen LogP contribution in [0, 0.1) is 12.3 Å². The van der Waals surface area contributed by atoms with Crippen molar-refractivity contribution in [1.29, 1.82) is 0 Å². The van der Waals surface area contributed by atoms with E-state index in [0.717, 1.165) is 29.4 Å². The molecule has 1 atom stereocenters. The van der Waals surface area contributed by atoms with E-state index >= 15 is 0 Å². The summed E-state index contributed by atoms with van der Waals surface area (Å²) in [6.07, 6.45) is 9.57. The van der Waals surface area contributed by atoms with Gasteiger partial charge in [0.1, 0.15) is 0 Å². The van der Waals surface area contributed by atoms with Gasteiger partial charge in [-0.3, -0.25) is 16.3 Å². The van der Waals surface area contributed by atoms with Gasteiger partial charge in [-0.05, 0) is 40.9 Å². The fraction of sp³-hybridized carbons (Fsp3) is 0.364. The van der Waals surface area contributed by atoms with Gasteiger partial charge in [0, 0.05) is 17.1 Å². The SMILES string of the molecule is C#CCCCC(NN)c1ccc(Br)cn1. The highest BCUT2D eigenvalue weighted by atomic mass is 79.9. The molecule has 0 fully saturated rings. The minimum absolute atomic E-state index is 0.0754. The van der Waals surface area contributed by atoms with Crippen LogP contribution in [0.3, 0.4) is 0 Å². The number of pyridine rings is 1. The molecule has 4 heteroatoms. The van der Waals surface area contributed by atoms with Crippen LogP contribution in [-0.4, -0.2) is 4.98 Å². The summed E-state index contributed by atoms with van der Waals surface area (Å²) in [6.45, 7) is 0. The zero-order valence-corrected chi connectivity index (χ0v) is 10.00. The molecule has 0 aliphatic heterocycles. The molecule has 0 amide bonds.